The molecule has 0 aliphatic carbocycles. The first-order chi connectivity index (χ1) is 9.59. The van der Waals surface area contributed by atoms with Gasteiger partial charge in [0.15, 0.2) is 11.5 Å². The van der Waals surface area contributed by atoms with Gasteiger partial charge in [-0.15, -0.1) is 0 Å². The molecule has 0 radical (unpaired) electrons. The zero-order valence-electron chi connectivity index (χ0n) is 12.0. The van der Waals surface area contributed by atoms with Gasteiger partial charge in [0, 0.05) is 18.4 Å². The summed E-state index contributed by atoms with van der Waals surface area (Å²) in [6.45, 7) is 3.58. The van der Waals surface area contributed by atoms with E-state index in [2.05, 4.69) is 0 Å². The molecule has 0 spiro atoms. The van der Waals surface area contributed by atoms with Crippen molar-refractivity contribution in [1.82, 2.24) is 0 Å². The molecule has 1 aromatic rings. The molecule has 5 heteroatoms. The van der Waals surface area contributed by atoms with Gasteiger partial charge in [0.1, 0.15) is 0 Å². The highest BCUT2D eigenvalue weighted by Crippen LogP contribution is 2.36. The molecule has 20 heavy (non-hydrogen) atoms. The first-order valence-corrected chi connectivity index (χ1v) is 6.76. The highest BCUT2D eigenvalue weighted by atomic mass is 16.5. The fourth-order valence-electron chi connectivity index (χ4n) is 2.22. The third-order valence-corrected chi connectivity index (χ3v) is 3.66. The standard InChI is InChI=1S/C15H21NO4/c1-15(10-16,9-14(17)18-2)11-4-5-12-13(8-11)20-7-3-6-19-12/h4-5,8H,3,6-7,9-10,16H2,1-2H3. The van der Waals surface area contributed by atoms with Gasteiger partial charge in [-0.1, -0.05) is 13.0 Å². The zero-order chi connectivity index (χ0) is 14.6. The second kappa shape index (κ2) is 6.13. The van der Waals surface area contributed by atoms with E-state index in [0.29, 0.717) is 25.5 Å². The topological polar surface area (TPSA) is 70.8 Å². The van der Waals surface area contributed by atoms with E-state index in [4.69, 9.17) is 19.9 Å². The second-order valence-corrected chi connectivity index (χ2v) is 5.23. The Morgan fingerprint density at radius 1 is 1.35 bits per heavy atom. The molecular weight excluding hydrogens is 258 g/mol. The van der Waals surface area contributed by atoms with Crippen LogP contribution in [0.15, 0.2) is 18.2 Å². The average molecular weight is 279 g/mol. The van der Waals surface area contributed by atoms with Gasteiger partial charge in [-0.2, -0.15) is 0 Å². The largest absolute Gasteiger partial charge is 0.490 e. The number of fused-ring (bicyclic) bond motifs is 1. The molecule has 5 nitrogen and oxygen atoms in total. The number of benzene rings is 1. The fraction of sp³-hybridized carbons (Fsp3) is 0.533. The van der Waals surface area contributed by atoms with Gasteiger partial charge in [-0.25, -0.2) is 0 Å². The van der Waals surface area contributed by atoms with Gasteiger partial charge in [-0.3, -0.25) is 4.79 Å². The lowest BCUT2D eigenvalue weighted by atomic mass is 9.79. The van der Waals surface area contributed by atoms with Crippen molar-refractivity contribution in [3.05, 3.63) is 23.8 Å². The molecule has 1 atom stereocenters. The van der Waals surface area contributed by atoms with E-state index >= 15 is 0 Å². The van der Waals surface area contributed by atoms with E-state index in [9.17, 15) is 4.79 Å². The van der Waals surface area contributed by atoms with Crippen LogP contribution < -0.4 is 15.2 Å². The maximum Gasteiger partial charge on any atom is 0.306 e. The van der Waals surface area contributed by atoms with E-state index in [0.717, 1.165) is 17.7 Å². The lowest BCUT2D eigenvalue weighted by molar-refractivity contribution is -0.141. The van der Waals surface area contributed by atoms with Gasteiger partial charge in [-0.05, 0) is 17.7 Å². The number of rotatable bonds is 4. The van der Waals surface area contributed by atoms with Crippen molar-refractivity contribution >= 4 is 5.97 Å². The Morgan fingerprint density at radius 2 is 2.05 bits per heavy atom. The number of carbonyl (C=O) groups excluding carboxylic acids is 1. The summed E-state index contributed by atoms with van der Waals surface area (Å²) >= 11 is 0. The van der Waals surface area contributed by atoms with E-state index in [1.54, 1.807) is 0 Å². The Balaban J connectivity index is 2.30. The minimum absolute atomic E-state index is 0.236. The van der Waals surface area contributed by atoms with Gasteiger partial charge in [0.2, 0.25) is 0 Å². The molecule has 0 saturated heterocycles. The molecule has 0 amide bonds. The monoisotopic (exact) mass is 279 g/mol. The summed E-state index contributed by atoms with van der Waals surface area (Å²) in [4.78, 5) is 11.6. The van der Waals surface area contributed by atoms with Gasteiger partial charge >= 0.3 is 5.97 Å². The van der Waals surface area contributed by atoms with Crippen molar-refractivity contribution in [1.29, 1.82) is 0 Å². The third-order valence-electron chi connectivity index (χ3n) is 3.66. The van der Waals surface area contributed by atoms with Crippen LogP contribution in [0.25, 0.3) is 0 Å². The van der Waals surface area contributed by atoms with Crippen molar-refractivity contribution in [3.63, 3.8) is 0 Å². The van der Waals surface area contributed by atoms with Crippen LogP contribution >= 0.6 is 0 Å². The molecule has 1 unspecified atom stereocenters. The van der Waals surface area contributed by atoms with Crippen LogP contribution in [0.5, 0.6) is 11.5 Å². The van der Waals surface area contributed by atoms with E-state index in [1.807, 2.05) is 25.1 Å². The molecule has 0 bridgehead atoms. The molecular formula is C15H21NO4. The summed E-state index contributed by atoms with van der Waals surface area (Å²) < 4.78 is 16.0. The van der Waals surface area contributed by atoms with Crippen LogP contribution in [-0.4, -0.2) is 32.8 Å². The Kier molecular flexibility index (Phi) is 4.49. The number of nitrogens with two attached hydrogens (primary N) is 1. The summed E-state index contributed by atoms with van der Waals surface area (Å²) in [5, 5.41) is 0. The predicted molar refractivity (Wildman–Crippen MR) is 75.1 cm³/mol. The zero-order valence-corrected chi connectivity index (χ0v) is 12.0. The Morgan fingerprint density at radius 3 is 2.70 bits per heavy atom. The Bertz CT molecular complexity index is 489. The second-order valence-electron chi connectivity index (χ2n) is 5.23. The van der Waals surface area contributed by atoms with Crippen LogP contribution in [0.2, 0.25) is 0 Å². The maximum absolute atomic E-state index is 11.6. The lowest BCUT2D eigenvalue weighted by Gasteiger charge is -2.28. The lowest BCUT2D eigenvalue weighted by Crippen LogP contribution is -2.34. The van der Waals surface area contributed by atoms with E-state index in [-0.39, 0.29) is 12.4 Å². The summed E-state index contributed by atoms with van der Waals surface area (Å²) in [7, 11) is 1.38. The van der Waals surface area contributed by atoms with E-state index in [1.165, 1.54) is 7.11 Å². The number of methoxy groups -OCH3 is 1. The van der Waals surface area contributed by atoms with Crippen LogP contribution in [0.3, 0.4) is 0 Å². The van der Waals surface area contributed by atoms with Crippen LogP contribution in [-0.2, 0) is 14.9 Å². The minimum Gasteiger partial charge on any atom is -0.490 e. The van der Waals surface area contributed by atoms with E-state index < -0.39 is 5.41 Å². The fourth-order valence-corrected chi connectivity index (χ4v) is 2.22. The summed E-state index contributed by atoms with van der Waals surface area (Å²) in [6.07, 6.45) is 1.10. The van der Waals surface area contributed by atoms with Crippen molar-refractivity contribution in [2.45, 2.75) is 25.2 Å². The average Bonchev–Trinajstić information content (AvgIpc) is 2.71. The smallest absolute Gasteiger partial charge is 0.306 e. The van der Waals surface area contributed by atoms with Crippen molar-refractivity contribution < 1.29 is 19.0 Å². The van der Waals surface area contributed by atoms with Crippen molar-refractivity contribution in [2.75, 3.05) is 26.9 Å². The molecule has 1 aromatic carbocycles. The molecule has 0 aromatic heterocycles. The molecule has 110 valence electrons. The van der Waals surface area contributed by atoms with Crippen LogP contribution in [0.1, 0.15) is 25.3 Å². The highest BCUT2D eigenvalue weighted by molar-refractivity contribution is 5.71. The Labute approximate surface area is 119 Å². The molecule has 2 rings (SSSR count). The number of ether oxygens (including phenoxy) is 3. The molecule has 1 aliphatic rings. The third kappa shape index (κ3) is 3.04. The van der Waals surface area contributed by atoms with Gasteiger partial charge < -0.3 is 19.9 Å². The minimum atomic E-state index is -0.474. The quantitative estimate of drug-likeness (QED) is 0.848. The van der Waals surface area contributed by atoms with Crippen molar-refractivity contribution in [3.8, 4) is 11.5 Å². The molecule has 2 N–H and O–H groups in total. The highest BCUT2D eigenvalue weighted by Gasteiger charge is 2.30. The molecule has 1 heterocycles. The van der Waals surface area contributed by atoms with Crippen LogP contribution in [0, 0.1) is 0 Å². The number of esters is 1. The molecule has 1 aliphatic heterocycles. The van der Waals surface area contributed by atoms with Crippen LogP contribution in [0.4, 0.5) is 0 Å². The number of carbonyl (C=O) groups is 1. The SMILES string of the molecule is COC(=O)CC(C)(CN)c1ccc2c(c1)OCCCO2. The predicted octanol–water partition coefficient (Wildman–Crippen LogP) is 1.63. The summed E-state index contributed by atoms with van der Waals surface area (Å²) in [6, 6.07) is 5.72. The van der Waals surface area contributed by atoms with Gasteiger partial charge in [0.05, 0.1) is 26.7 Å². The Hall–Kier alpha value is -1.75. The molecule has 0 saturated carbocycles. The first kappa shape index (κ1) is 14.7. The number of hydrogen-bond donors (Lipinski definition) is 1. The first-order valence-electron chi connectivity index (χ1n) is 6.76. The van der Waals surface area contributed by atoms with Crippen molar-refractivity contribution in [2.24, 2.45) is 5.73 Å². The van der Waals surface area contributed by atoms with Gasteiger partial charge in [0.25, 0.3) is 0 Å². The normalized spacial score (nSPS) is 16.9. The maximum atomic E-state index is 11.6. The summed E-state index contributed by atoms with van der Waals surface area (Å²) in [5.74, 6) is 1.18. The number of hydrogen-bond acceptors (Lipinski definition) is 5. The summed E-state index contributed by atoms with van der Waals surface area (Å²) in [5.41, 5.74) is 6.35. The molecule has 0 fully saturated rings.